The Morgan fingerprint density at radius 3 is 2.69 bits per heavy atom. The van der Waals surface area contributed by atoms with E-state index >= 15 is 0 Å². The van der Waals surface area contributed by atoms with Crippen molar-refractivity contribution in [2.45, 2.75) is 64.3 Å². The number of hydrogen-bond acceptors (Lipinski definition) is 5. The topological polar surface area (TPSA) is 109 Å². The van der Waals surface area contributed by atoms with Crippen molar-refractivity contribution in [3.05, 3.63) is 11.7 Å². The molecule has 3 unspecified atom stereocenters. The van der Waals surface area contributed by atoms with E-state index < -0.39 is 17.9 Å². The van der Waals surface area contributed by atoms with E-state index in [9.17, 15) is 14.7 Å². The van der Waals surface area contributed by atoms with Crippen molar-refractivity contribution >= 4 is 12.0 Å². The SMILES string of the molecule is CC1CC(C(=O)O)CN(C(=O)NC(C)c2nc(C3CCCCC3)no2)C1. The van der Waals surface area contributed by atoms with Crippen molar-refractivity contribution in [3.63, 3.8) is 0 Å². The summed E-state index contributed by atoms with van der Waals surface area (Å²) in [6.45, 7) is 4.56. The van der Waals surface area contributed by atoms with Crippen LogP contribution in [0.1, 0.15) is 76.0 Å². The molecule has 8 nitrogen and oxygen atoms in total. The number of carboxylic acid groups (broad SMARTS) is 1. The number of piperidine rings is 1. The molecule has 1 aromatic heterocycles. The highest BCUT2D eigenvalue weighted by atomic mass is 16.5. The summed E-state index contributed by atoms with van der Waals surface area (Å²) in [6.07, 6.45) is 6.42. The molecule has 2 fully saturated rings. The lowest BCUT2D eigenvalue weighted by molar-refractivity contribution is -0.143. The fraction of sp³-hybridized carbons (Fsp3) is 0.778. The zero-order valence-corrected chi connectivity index (χ0v) is 15.5. The average Bonchev–Trinajstić information content (AvgIpc) is 3.12. The van der Waals surface area contributed by atoms with Crippen LogP contribution < -0.4 is 5.32 Å². The van der Waals surface area contributed by atoms with Crippen molar-refractivity contribution in [1.82, 2.24) is 20.4 Å². The van der Waals surface area contributed by atoms with Gasteiger partial charge < -0.3 is 19.8 Å². The van der Waals surface area contributed by atoms with Crippen LogP contribution in [-0.2, 0) is 4.79 Å². The zero-order valence-electron chi connectivity index (χ0n) is 15.5. The van der Waals surface area contributed by atoms with Gasteiger partial charge in [-0.05, 0) is 32.1 Å². The van der Waals surface area contributed by atoms with E-state index in [2.05, 4.69) is 15.5 Å². The molecule has 3 atom stereocenters. The van der Waals surface area contributed by atoms with Gasteiger partial charge in [-0.15, -0.1) is 0 Å². The van der Waals surface area contributed by atoms with Gasteiger partial charge in [0.05, 0.1) is 5.92 Å². The molecule has 8 heteroatoms. The molecule has 3 rings (SSSR count). The molecule has 0 spiro atoms. The van der Waals surface area contributed by atoms with Gasteiger partial charge in [0.15, 0.2) is 5.82 Å². The molecule has 144 valence electrons. The highest BCUT2D eigenvalue weighted by Crippen LogP contribution is 2.31. The van der Waals surface area contributed by atoms with Gasteiger partial charge >= 0.3 is 12.0 Å². The normalized spacial score (nSPS) is 25.7. The molecule has 2 N–H and O–H groups in total. The van der Waals surface area contributed by atoms with Crippen molar-refractivity contribution in [1.29, 1.82) is 0 Å². The lowest BCUT2D eigenvalue weighted by Gasteiger charge is -2.35. The first-order valence-corrected chi connectivity index (χ1v) is 9.55. The Hall–Kier alpha value is -2.12. The van der Waals surface area contributed by atoms with Crippen LogP contribution in [0, 0.1) is 11.8 Å². The van der Waals surface area contributed by atoms with Crippen LogP contribution in [0.5, 0.6) is 0 Å². The molecular weight excluding hydrogens is 336 g/mol. The molecule has 1 saturated heterocycles. The molecule has 0 bridgehead atoms. The zero-order chi connectivity index (χ0) is 18.7. The predicted octanol–water partition coefficient (Wildman–Crippen LogP) is 2.93. The minimum Gasteiger partial charge on any atom is -0.481 e. The van der Waals surface area contributed by atoms with E-state index in [-0.39, 0.29) is 18.5 Å². The molecule has 1 aliphatic heterocycles. The molecule has 0 radical (unpaired) electrons. The second kappa shape index (κ2) is 8.05. The number of urea groups is 1. The monoisotopic (exact) mass is 364 g/mol. The largest absolute Gasteiger partial charge is 0.481 e. The number of nitrogens with one attached hydrogen (secondary N) is 1. The van der Waals surface area contributed by atoms with Crippen molar-refractivity contribution in [3.8, 4) is 0 Å². The number of amides is 2. The van der Waals surface area contributed by atoms with Crippen molar-refractivity contribution < 1.29 is 19.2 Å². The molecule has 1 saturated carbocycles. The molecular formula is C18H28N4O4. The van der Waals surface area contributed by atoms with Crippen LogP contribution >= 0.6 is 0 Å². The smallest absolute Gasteiger partial charge is 0.318 e. The number of carboxylic acids is 1. The van der Waals surface area contributed by atoms with Crippen LogP contribution in [-0.4, -0.2) is 45.2 Å². The minimum atomic E-state index is -0.851. The van der Waals surface area contributed by atoms with E-state index in [0.717, 1.165) is 18.7 Å². The number of carbonyl (C=O) groups excluding carboxylic acids is 1. The maximum absolute atomic E-state index is 12.5. The first-order chi connectivity index (χ1) is 12.4. The fourth-order valence-corrected chi connectivity index (χ4v) is 3.98. The summed E-state index contributed by atoms with van der Waals surface area (Å²) in [5.74, 6) is 0.283. The van der Waals surface area contributed by atoms with Crippen LogP contribution in [0.3, 0.4) is 0 Å². The van der Waals surface area contributed by atoms with Gasteiger partial charge in [-0.25, -0.2) is 4.79 Å². The van der Waals surface area contributed by atoms with Gasteiger partial charge in [0, 0.05) is 19.0 Å². The van der Waals surface area contributed by atoms with Crippen molar-refractivity contribution in [2.24, 2.45) is 11.8 Å². The van der Waals surface area contributed by atoms with Gasteiger partial charge in [0.25, 0.3) is 0 Å². The second-order valence-corrected chi connectivity index (χ2v) is 7.78. The molecule has 26 heavy (non-hydrogen) atoms. The van der Waals surface area contributed by atoms with E-state index in [1.165, 1.54) is 19.3 Å². The van der Waals surface area contributed by atoms with Gasteiger partial charge in [0.2, 0.25) is 5.89 Å². The maximum atomic E-state index is 12.5. The standard InChI is InChI=1S/C18H28N4O4/c1-11-8-14(17(23)24)10-22(9-11)18(25)19-12(2)16-20-15(21-26-16)13-6-4-3-5-7-13/h11-14H,3-10H2,1-2H3,(H,19,25)(H,23,24). The number of carbonyl (C=O) groups is 2. The summed E-state index contributed by atoms with van der Waals surface area (Å²) in [5.41, 5.74) is 0. The summed E-state index contributed by atoms with van der Waals surface area (Å²) >= 11 is 0. The number of hydrogen-bond donors (Lipinski definition) is 2. The lowest BCUT2D eigenvalue weighted by Crippen LogP contribution is -2.49. The highest BCUT2D eigenvalue weighted by molar-refractivity contribution is 5.76. The Morgan fingerprint density at radius 2 is 2.00 bits per heavy atom. The third-order valence-corrected chi connectivity index (χ3v) is 5.43. The van der Waals surface area contributed by atoms with Gasteiger partial charge in [-0.1, -0.05) is 31.3 Å². The van der Waals surface area contributed by atoms with Crippen LogP contribution in [0.25, 0.3) is 0 Å². The Balaban J connectivity index is 1.58. The number of aromatic nitrogens is 2. The second-order valence-electron chi connectivity index (χ2n) is 7.78. The Morgan fingerprint density at radius 1 is 1.27 bits per heavy atom. The molecule has 2 amide bonds. The van der Waals surface area contributed by atoms with Gasteiger partial charge in [-0.2, -0.15) is 4.98 Å². The van der Waals surface area contributed by atoms with Gasteiger partial charge in [-0.3, -0.25) is 4.79 Å². The quantitative estimate of drug-likeness (QED) is 0.850. The molecule has 2 aliphatic rings. The maximum Gasteiger partial charge on any atom is 0.318 e. The number of rotatable bonds is 4. The molecule has 0 aromatic carbocycles. The van der Waals surface area contributed by atoms with Crippen LogP contribution in [0.2, 0.25) is 0 Å². The highest BCUT2D eigenvalue weighted by Gasteiger charge is 2.33. The van der Waals surface area contributed by atoms with Crippen LogP contribution in [0.15, 0.2) is 4.52 Å². The fourth-order valence-electron chi connectivity index (χ4n) is 3.98. The summed E-state index contributed by atoms with van der Waals surface area (Å²) in [7, 11) is 0. The first kappa shape index (κ1) is 18.7. The summed E-state index contributed by atoms with van der Waals surface area (Å²) in [4.78, 5) is 29.9. The molecule has 2 heterocycles. The van der Waals surface area contributed by atoms with Gasteiger partial charge in [0.1, 0.15) is 6.04 Å². The third-order valence-electron chi connectivity index (χ3n) is 5.43. The van der Waals surface area contributed by atoms with Crippen molar-refractivity contribution in [2.75, 3.05) is 13.1 Å². The Bertz CT molecular complexity index is 641. The summed E-state index contributed by atoms with van der Waals surface area (Å²) < 4.78 is 5.36. The third kappa shape index (κ3) is 4.34. The minimum absolute atomic E-state index is 0.159. The molecule has 1 aromatic rings. The average molecular weight is 364 g/mol. The first-order valence-electron chi connectivity index (χ1n) is 9.55. The molecule has 1 aliphatic carbocycles. The van der Waals surface area contributed by atoms with E-state index in [0.29, 0.717) is 24.8 Å². The summed E-state index contributed by atoms with van der Waals surface area (Å²) in [6, 6.07) is -0.694. The Labute approximate surface area is 153 Å². The lowest BCUT2D eigenvalue weighted by atomic mass is 9.89. The number of nitrogens with zero attached hydrogens (tertiary/aromatic N) is 3. The van der Waals surface area contributed by atoms with E-state index in [1.54, 1.807) is 11.8 Å². The van der Waals surface area contributed by atoms with E-state index in [4.69, 9.17) is 4.52 Å². The Kier molecular flexibility index (Phi) is 5.78. The van der Waals surface area contributed by atoms with E-state index in [1.807, 2.05) is 6.92 Å². The number of aliphatic carboxylic acids is 1. The van der Waals surface area contributed by atoms with Crippen LogP contribution in [0.4, 0.5) is 4.79 Å². The summed E-state index contributed by atoms with van der Waals surface area (Å²) in [5, 5.41) is 16.2. The predicted molar refractivity (Wildman–Crippen MR) is 93.6 cm³/mol. The number of likely N-dealkylation sites (tertiary alicyclic amines) is 1.